The lowest BCUT2D eigenvalue weighted by Gasteiger charge is -2.16. The van der Waals surface area contributed by atoms with Crippen molar-refractivity contribution in [2.24, 2.45) is 0 Å². The Labute approximate surface area is 130 Å². The molecule has 0 unspecified atom stereocenters. The number of hydrogen-bond acceptors (Lipinski definition) is 5. The summed E-state index contributed by atoms with van der Waals surface area (Å²) < 4.78 is 26.7. The van der Waals surface area contributed by atoms with Gasteiger partial charge in [-0.25, -0.2) is 13.4 Å². The van der Waals surface area contributed by atoms with Gasteiger partial charge in [-0.3, -0.25) is 0 Å². The Balaban J connectivity index is 2.27. The van der Waals surface area contributed by atoms with Gasteiger partial charge in [-0.15, -0.1) is 11.3 Å². The molecule has 0 atom stereocenters. The number of rotatable bonds is 4. The average molecular weight is 376 g/mol. The third kappa shape index (κ3) is 3.20. The second-order valence-electron chi connectivity index (χ2n) is 4.30. The van der Waals surface area contributed by atoms with Crippen LogP contribution in [-0.2, 0) is 16.6 Å². The summed E-state index contributed by atoms with van der Waals surface area (Å²) in [6.07, 6.45) is 0. The minimum atomic E-state index is -3.55. The minimum absolute atomic E-state index is 0.202. The van der Waals surface area contributed by atoms with Crippen LogP contribution in [0.4, 0.5) is 5.69 Å². The summed E-state index contributed by atoms with van der Waals surface area (Å²) in [6, 6.07) is 4.57. The number of nitrogens with two attached hydrogens (primary N) is 1. The van der Waals surface area contributed by atoms with Crippen molar-refractivity contribution >= 4 is 43.0 Å². The molecular formula is C12H14BrN3O2S2. The molecule has 108 valence electrons. The molecule has 2 aromatic rings. The second kappa shape index (κ2) is 5.80. The molecule has 0 aliphatic rings. The largest absolute Gasteiger partial charge is 0.398 e. The fourth-order valence-electron chi connectivity index (χ4n) is 1.64. The van der Waals surface area contributed by atoms with E-state index in [2.05, 4.69) is 20.9 Å². The standard InChI is InChI=1S/C12H14BrN3O2S2/c1-8-15-9(7-19-8)6-16(2)20(17,18)10-3-4-12(14)11(13)5-10/h3-5,7H,6,14H2,1-2H3. The number of hydrogen-bond donors (Lipinski definition) is 1. The molecule has 0 amide bonds. The Morgan fingerprint density at radius 2 is 2.15 bits per heavy atom. The molecule has 0 spiro atoms. The molecule has 0 saturated carbocycles. The summed E-state index contributed by atoms with van der Waals surface area (Å²) in [6.45, 7) is 2.13. The van der Waals surface area contributed by atoms with Crippen LogP contribution in [-0.4, -0.2) is 24.8 Å². The van der Waals surface area contributed by atoms with E-state index < -0.39 is 10.0 Å². The quantitative estimate of drug-likeness (QED) is 0.833. The van der Waals surface area contributed by atoms with Gasteiger partial charge < -0.3 is 5.73 Å². The highest BCUT2D eigenvalue weighted by Crippen LogP contribution is 2.25. The Hall–Kier alpha value is -0.960. The van der Waals surface area contributed by atoms with E-state index in [9.17, 15) is 8.42 Å². The molecule has 1 aromatic carbocycles. The third-order valence-electron chi connectivity index (χ3n) is 2.73. The van der Waals surface area contributed by atoms with E-state index in [1.54, 1.807) is 6.07 Å². The van der Waals surface area contributed by atoms with E-state index in [0.717, 1.165) is 10.7 Å². The van der Waals surface area contributed by atoms with Crippen LogP contribution in [0, 0.1) is 6.92 Å². The first-order valence-corrected chi connectivity index (χ1v) is 8.84. The van der Waals surface area contributed by atoms with Crippen molar-refractivity contribution in [1.82, 2.24) is 9.29 Å². The van der Waals surface area contributed by atoms with Gasteiger partial charge in [-0.1, -0.05) is 0 Å². The lowest BCUT2D eigenvalue weighted by Crippen LogP contribution is -2.26. The molecule has 20 heavy (non-hydrogen) atoms. The van der Waals surface area contributed by atoms with Crippen molar-refractivity contribution in [2.45, 2.75) is 18.4 Å². The maximum atomic E-state index is 12.4. The van der Waals surface area contributed by atoms with E-state index in [-0.39, 0.29) is 11.4 Å². The van der Waals surface area contributed by atoms with Gasteiger partial charge >= 0.3 is 0 Å². The maximum absolute atomic E-state index is 12.4. The van der Waals surface area contributed by atoms with Crippen molar-refractivity contribution < 1.29 is 8.42 Å². The van der Waals surface area contributed by atoms with Crippen molar-refractivity contribution in [1.29, 1.82) is 0 Å². The molecule has 0 aliphatic heterocycles. The zero-order chi connectivity index (χ0) is 14.9. The van der Waals surface area contributed by atoms with E-state index in [1.165, 1.54) is 34.8 Å². The van der Waals surface area contributed by atoms with Gasteiger partial charge in [0.15, 0.2) is 0 Å². The highest BCUT2D eigenvalue weighted by Gasteiger charge is 2.22. The molecule has 5 nitrogen and oxygen atoms in total. The first-order chi connectivity index (χ1) is 9.30. The molecule has 0 aliphatic carbocycles. The van der Waals surface area contributed by atoms with E-state index >= 15 is 0 Å². The van der Waals surface area contributed by atoms with Gasteiger partial charge in [0, 0.05) is 22.6 Å². The van der Waals surface area contributed by atoms with Crippen LogP contribution in [0.1, 0.15) is 10.7 Å². The van der Waals surface area contributed by atoms with Crippen molar-refractivity contribution in [3.63, 3.8) is 0 Å². The number of nitrogens with zero attached hydrogens (tertiary/aromatic N) is 2. The predicted octanol–water partition coefficient (Wildman–Crippen LogP) is 2.62. The topological polar surface area (TPSA) is 76.3 Å². The normalized spacial score (nSPS) is 12.0. The molecule has 2 N–H and O–H groups in total. The van der Waals surface area contributed by atoms with Crippen LogP contribution in [0.15, 0.2) is 32.9 Å². The van der Waals surface area contributed by atoms with Crippen LogP contribution in [0.3, 0.4) is 0 Å². The average Bonchev–Trinajstić information content (AvgIpc) is 2.78. The summed E-state index contributed by atoms with van der Waals surface area (Å²) >= 11 is 4.74. The Morgan fingerprint density at radius 1 is 1.45 bits per heavy atom. The number of benzene rings is 1. The van der Waals surface area contributed by atoms with Crippen LogP contribution in [0.5, 0.6) is 0 Å². The SMILES string of the molecule is Cc1nc(CN(C)S(=O)(=O)c2ccc(N)c(Br)c2)cs1. The number of aromatic nitrogens is 1. The minimum Gasteiger partial charge on any atom is -0.398 e. The molecule has 0 saturated heterocycles. The van der Waals surface area contributed by atoms with Crippen molar-refractivity contribution in [2.75, 3.05) is 12.8 Å². The van der Waals surface area contributed by atoms with Gasteiger partial charge in [-0.05, 0) is 41.1 Å². The number of sulfonamides is 1. The van der Waals surface area contributed by atoms with Gasteiger partial charge in [0.1, 0.15) is 0 Å². The molecule has 0 radical (unpaired) electrons. The zero-order valence-corrected chi connectivity index (χ0v) is 14.2. The first kappa shape index (κ1) is 15.4. The predicted molar refractivity (Wildman–Crippen MR) is 84.1 cm³/mol. The monoisotopic (exact) mass is 375 g/mol. The second-order valence-corrected chi connectivity index (χ2v) is 8.26. The highest BCUT2D eigenvalue weighted by molar-refractivity contribution is 9.10. The van der Waals surface area contributed by atoms with Crippen molar-refractivity contribution in [3.8, 4) is 0 Å². The van der Waals surface area contributed by atoms with E-state index in [0.29, 0.717) is 10.2 Å². The molecule has 0 fully saturated rings. The molecule has 8 heteroatoms. The van der Waals surface area contributed by atoms with Gasteiger partial charge in [0.05, 0.1) is 22.1 Å². The summed E-state index contributed by atoms with van der Waals surface area (Å²) in [5.74, 6) is 0. The van der Waals surface area contributed by atoms with E-state index in [4.69, 9.17) is 5.73 Å². The van der Waals surface area contributed by atoms with Gasteiger partial charge in [-0.2, -0.15) is 4.31 Å². The van der Waals surface area contributed by atoms with Gasteiger partial charge in [0.2, 0.25) is 10.0 Å². The fraction of sp³-hybridized carbons (Fsp3) is 0.250. The first-order valence-electron chi connectivity index (χ1n) is 5.73. The van der Waals surface area contributed by atoms with Crippen LogP contribution < -0.4 is 5.73 Å². The van der Waals surface area contributed by atoms with E-state index in [1.807, 2.05) is 12.3 Å². The smallest absolute Gasteiger partial charge is 0.243 e. The Bertz CT molecular complexity index is 728. The lowest BCUT2D eigenvalue weighted by molar-refractivity contribution is 0.463. The summed E-state index contributed by atoms with van der Waals surface area (Å²) in [5, 5.41) is 2.78. The maximum Gasteiger partial charge on any atom is 0.243 e. The molecule has 2 rings (SSSR count). The van der Waals surface area contributed by atoms with Crippen LogP contribution in [0.2, 0.25) is 0 Å². The van der Waals surface area contributed by atoms with Gasteiger partial charge in [0.25, 0.3) is 0 Å². The zero-order valence-electron chi connectivity index (χ0n) is 11.0. The third-order valence-corrected chi connectivity index (χ3v) is 6.04. The summed E-state index contributed by atoms with van der Waals surface area (Å²) in [5.41, 5.74) is 6.92. The lowest BCUT2D eigenvalue weighted by atomic mass is 10.3. The Kier molecular flexibility index (Phi) is 4.48. The Morgan fingerprint density at radius 3 is 2.70 bits per heavy atom. The summed E-state index contributed by atoms with van der Waals surface area (Å²) in [7, 11) is -2.02. The number of halogens is 1. The molecule has 0 bridgehead atoms. The fourth-order valence-corrected chi connectivity index (χ4v) is 3.95. The van der Waals surface area contributed by atoms with Crippen LogP contribution in [0.25, 0.3) is 0 Å². The van der Waals surface area contributed by atoms with Crippen molar-refractivity contribution in [3.05, 3.63) is 38.8 Å². The number of nitrogen functional groups attached to an aromatic ring is 1. The molecule has 1 aromatic heterocycles. The summed E-state index contributed by atoms with van der Waals surface area (Å²) in [4.78, 5) is 4.47. The molecule has 1 heterocycles. The number of thiazole rings is 1. The van der Waals surface area contributed by atoms with Crippen LogP contribution >= 0.6 is 27.3 Å². The molecular weight excluding hydrogens is 362 g/mol. The number of aryl methyl sites for hydroxylation is 1. The highest BCUT2D eigenvalue weighted by atomic mass is 79.9. The number of anilines is 1.